The van der Waals surface area contributed by atoms with Crippen molar-refractivity contribution in [2.45, 2.75) is 45.2 Å². The van der Waals surface area contributed by atoms with Crippen molar-refractivity contribution in [3.05, 3.63) is 29.8 Å². The molecule has 0 radical (unpaired) electrons. The zero-order valence-electron chi connectivity index (χ0n) is 16.8. The molecule has 2 saturated heterocycles. The van der Waals surface area contributed by atoms with Gasteiger partial charge in [0, 0.05) is 37.8 Å². The minimum absolute atomic E-state index is 0. The first-order valence-corrected chi connectivity index (χ1v) is 9.94. The number of anilines is 1. The zero-order chi connectivity index (χ0) is 19.9. The van der Waals surface area contributed by atoms with E-state index in [4.69, 9.17) is 10.5 Å². The number of hydrogen-bond acceptors (Lipinski definition) is 4. The summed E-state index contributed by atoms with van der Waals surface area (Å²) in [6.45, 7) is 4.78. The molecule has 0 aromatic heterocycles. The van der Waals surface area contributed by atoms with Crippen LogP contribution in [0.25, 0.3) is 0 Å². The number of aliphatic imine (C=N–C) groups is 1. The number of nitrogens with two attached hydrogens (primary N) is 1. The van der Waals surface area contributed by atoms with E-state index in [-0.39, 0.29) is 42.0 Å². The Morgan fingerprint density at radius 2 is 1.93 bits per heavy atom. The Bertz CT molecular complexity index is 717. The minimum Gasteiger partial charge on any atom is -0.450 e. The highest BCUT2D eigenvalue weighted by Crippen LogP contribution is 2.21. The number of likely N-dealkylation sites (tertiary alicyclic amines) is 1. The SMILES string of the molecule is CCOC(=O)N1CCC(NC(N)=NCc2ccc(N3CCCC3=O)cc2)CC1.I. The molecule has 9 heteroatoms. The van der Waals surface area contributed by atoms with Crippen molar-refractivity contribution in [2.75, 3.05) is 31.1 Å². The number of piperidine rings is 1. The number of rotatable bonds is 5. The van der Waals surface area contributed by atoms with Gasteiger partial charge in [0.25, 0.3) is 0 Å². The number of carbonyl (C=O) groups excluding carboxylic acids is 2. The van der Waals surface area contributed by atoms with E-state index >= 15 is 0 Å². The molecular weight excluding hydrogens is 485 g/mol. The van der Waals surface area contributed by atoms with Gasteiger partial charge in [0.2, 0.25) is 5.91 Å². The van der Waals surface area contributed by atoms with Gasteiger partial charge in [-0.2, -0.15) is 0 Å². The molecule has 2 fully saturated rings. The summed E-state index contributed by atoms with van der Waals surface area (Å²) in [6, 6.07) is 8.09. The van der Waals surface area contributed by atoms with Crippen LogP contribution in [-0.4, -0.2) is 55.1 Å². The standard InChI is InChI=1S/C20H29N5O3.HI/c1-2-28-20(27)24-12-9-16(10-13-24)23-19(21)22-14-15-5-7-17(8-6-15)25-11-3-4-18(25)26;/h5-8,16H,2-4,9-14H2,1H3,(H3,21,22,23);1H. The monoisotopic (exact) mass is 515 g/mol. The third-order valence-electron chi connectivity index (χ3n) is 5.13. The van der Waals surface area contributed by atoms with Crippen LogP contribution in [-0.2, 0) is 16.1 Å². The molecule has 29 heavy (non-hydrogen) atoms. The van der Waals surface area contributed by atoms with E-state index in [1.165, 1.54) is 0 Å². The topological polar surface area (TPSA) is 100 Å². The first-order valence-electron chi connectivity index (χ1n) is 9.94. The number of benzene rings is 1. The van der Waals surface area contributed by atoms with E-state index in [1.54, 1.807) is 4.90 Å². The van der Waals surface area contributed by atoms with E-state index in [0.717, 1.165) is 37.1 Å². The Balaban J connectivity index is 0.00000300. The molecule has 3 N–H and O–H groups in total. The molecule has 3 rings (SSSR count). The quantitative estimate of drug-likeness (QED) is 0.357. The number of nitrogens with one attached hydrogen (secondary N) is 1. The molecule has 160 valence electrons. The van der Waals surface area contributed by atoms with Crippen molar-refractivity contribution in [3.63, 3.8) is 0 Å². The fourth-order valence-corrected chi connectivity index (χ4v) is 3.55. The minimum atomic E-state index is -0.248. The molecule has 0 saturated carbocycles. The average molecular weight is 515 g/mol. The number of nitrogens with zero attached hydrogens (tertiary/aromatic N) is 3. The van der Waals surface area contributed by atoms with Gasteiger partial charge in [0.15, 0.2) is 5.96 Å². The smallest absolute Gasteiger partial charge is 0.409 e. The van der Waals surface area contributed by atoms with Gasteiger partial charge in [0.1, 0.15) is 0 Å². The molecule has 1 aromatic rings. The molecule has 1 aromatic carbocycles. The summed E-state index contributed by atoms with van der Waals surface area (Å²) in [7, 11) is 0. The number of carbonyl (C=O) groups is 2. The van der Waals surface area contributed by atoms with Crippen LogP contribution < -0.4 is 16.0 Å². The highest BCUT2D eigenvalue weighted by molar-refractivity contribution is 14.0. The molecular formula is C20H30IN5O3. The van der Waals surface area contributed by atoms with Crippen LogP contribution >= 0.6 is 24.0 Å². The Labute approximate surface area is 188 Å². The number of guanidine groups is 1. The molecule has 2 heterocycles. The number of ether oxygens (including phenoxy) is 1. The second kappa shape index (κ2) is 11.2. The fraction of sp³-hybridized carbons (Fsp3) is 0.550. The molecule has 0 aliphatic carbocycles. The first-order chi connectivity index (χ1) is 13.6. The summed E-state index contributed by atoms with van der Waals surface area (Å²) in [5.41, 5.74) is 8.00. The van der Waals surface area contributed by atoms with Gasteiger partial charge in [-0.25, -0.2) is 9.79 Å². The second-order valence-corrected chi connectivity index (χ2v) is 7.12. The van der Waals surface area contributed by atoms with Crippen molar-refractivity contribution in [2.24, 2.45) is 10.7 Å². The Kier molecular flexibility index (Phi) is 8.99. The first kappa shape index (κ1) is 23.2. The van der Waals surface area contributed by atoms with Crippen molar-refractivity contribution in [1.29, 1.82) is 0 Å². The van der Waals surface area contributed by atoms with Crippen molar-refractivity contribution in [1.82, 2.24) is 10.2 Å². The van der Waals surface area contributed by atoms with Gasteiger partial charge in [-0.1, -0.05) is 12.1 Å². The number of amides is 2. The maximum Gasteiger partial charge on any atom is 0.409 e. The van der Waals surface area contributed by atoms with Crippen LogP contribution in [0, 0.1) is 0 Å². The number of halogens is 1. The highest BCUT2D eigenvalue weighted by Gasteiger charge is 2.24. The van der Waals surface area contributed by atoms with Gasteiger partial charge >= 0.3 is 6.09 Å². The Morgan fingerprint density at radius 3 is 2.52 bits per heavy atom. The summed E-state index contributed by atoms with van der Waals surface area (Å²) in [5.74, 6) is 0.599. The van der Waals surface area contributed by atoms with Gasteiger partial charge in [-0.3, -0.25) is 4.79 Å². The predicted octanol–water partition coefficient (Wildman–Crippen LogP) is 2.46. The molecule has 2 amide bonds. The molecule has 2 aliphatic rings. The molecule has 0 bridgehead atoms. The lowest BCUT2D eigenvalue weighted by Crippen LogP contribution is -2.48. The van der Waals surface area contributed by atoms with Crippen LogP contribution in [0.3, 0.4) is 0 Å². The maximum atomic E-state index is 11.8. The van der Waals surface area contributed by atoms with Crippen LogP contribution in [0.5, 0.6) is 0 Å². The lowest BCUT2D eigenvalue weighted by atomic mass is 10.1. The maximum absolute atomic E-state index is 11.8. The zero-order valence-corrected chi connectivity index (χ0v) is 19.1. The summed E-state index contributed by atoms with van der Waals surface area (Å²) >= 11 is 0. The van der Waals surface area contributed by atoms with E-state index in [1.807, 2.05) is 36.1 Å². The van der Waals surface area contributed by atoms with Crippen LogP contribution in [0.1, 0.15) is 38.2 Å². The van der Waals surface area contributed by atoms with Gasteiger partial charge in [0.05, 0.1) is 13.2 Å². The summed E-state index contributed by atoms with van der Waals surface area (Å²) < 4.78 is 5.03. The lowest BCUT2D eigenvalue weighted by Gasteiger charge is -2.31. The Hall–Kier alpha value is -2.04. The van der Waals surface area contributed by atoms with Gasteiger partial charge < -0.3 is 25.6 Å². The van der Waals surface area contributed by atoms with Gasteiger partial charge in [-0.05, 0) is 43.9 Å². The molecule has 0 unspecified atom stereocenters. The van der Waals surface area contributed by atoms with E-state index in [9.17, 15) is 9.59 Å². The third-order valence-corrected chi connectivity index (χ3v) is 5.13. The van der Waals surface area contributed by atoms with Crippen LogP contribution in [0.2, 0.25) is 0 Å². The fourth-order valence-electron chi connectivity index (χ4n) is 3.55. The summed E-state index contributed by atoms with van der Waals surface area (Å²) in [6.07, 6.45) is 2.93. The van der Waals surface area contributed by atoms with Gasteiger partial charge in [-0.15, -0.1) is 24.0 Å². The summed E-state index contributed by atoms with van der Waals surface area (Å²) in [5, 5.41) is 3.24. The van der Waals surface area contributed by atoms with Crippen molar-refractivity contribution < 1.29 is 14.3 Å². The molecule has 2 aliphatic heterocycles. The van der Waals surface area contributed by atoms with Crippen LogP contribution in [0.15, 0.2) is 29.3 Å². The second-order valence-electron chi connectivity index (χ2n) is 7.12. The average Bonchev–Trinajstić information content (AvgIpc) is 3.13. The Morgan fingerprint density at radius 1 is 1.24 bits per heavy atom. The molecule has 0 spiro atoms. The van der Waals surface area contributed by atoms with Crippen molar-refractivity contribution in [3.8, 4) is 0 Å². The summed E-state index contributed by atoms with van der Waals surface area (Å²) in [4.78, 5) is 31.5. The lowest BCUT2D eigenvalue weighted by molar-refractivity contribution is -0.117. The van der Waals surface area contributed by atoms with E-state index < -0.39 is 0 Å². The highest BCUT2D eigenvalue weighted by atomic mass is 127. The largest absolute Gasteiger partial charge is 0.450 e. The third kappa shape index (κ3) is 6.48. The van der Waals surface area contributed by atoms with Crippen LogP contribution in [0.4, 0.5) is 10.5 Å². The normalized spacial score (nSPS) is 17.8. The predicted molar refractivity (Wildman–Crippen MR) is 124 cm³/mol. The van der Waals surface area contributed by atoms with Crippen molar-refractivity contribution >= 4 is 47.6 Å². The van der Waals surface area contributed by atoms with E-state index in [0.29, 0.717) is 38.6 Å². The number of hydrogen-bond donors (Lipinski definition) is 2. The molecule has 0 atom stereocenters. The van der Waals surface area contributed by atoms with E-state index in [2.05, 4.69) is 10.3 Å². The molecule has 8 nitrogen and oxygen atoms in total.